The molecule has 0 radical (unpaired) electrons. The van der Waals surface area contributed by atoms with Crippen molar-refractivity contribution in [2.24, 2.45) is 11.5 Å². The predicted octanol–water partition coefficient (Wildman–Crippen LogP) is 1.54. The average molecular weight is 302 g/mol. The molecule has 2 atom stereocenters. The Hall–Kier alpha value is -2.70. The molecule has 6 N–H and O–H groups in total. The molecule has 0 unspecified atom stereocenters. The number of carboxylic acid groups (broad SMARTS) is 2. The average Bonchev–Trinajstić information content (AvgIpc) is 2.55. The molecule has 2 aromatic carbocycles. The first kappa shape index (κ1) is 17.4. The Kier molecular flexibility index (Phi) is 6.75. The fraction of sp³-hybridized carbons (Fsp3) is 0.125. The van der Waals surface area contributed by atoms with Gasteiger partial charge in [-0.1, -0.05) is 60.7 Å². The Morgan fingerprint density at radius 1 is 0.682 bits per heavy atom. The van der Waals surface area contributed by atoms with Crippen molar-refractivity contribution >= 4 is 11.9 Å². The molecule has 0 aromatic heterocycles. The summed E-state index contributed by atoms with van der Waals surface area (Å²) >= 11 is 0. The summed E-state index contributed by atoms with van der Waals surface area (Å²) in [7, 11) is 0. The molecular weight excluding hydrogens is 284 g/mol. The normalized spacial score (nSPS) is 12.5. The fourth-order valence-corrected chi connectivity index (χ4v) is 1.61. The van der Waals surface area contributed by atoms with Crippen molar-refractivity contribution in [2.75, 3.05) is 0 Å². The number of rotatable bonds is 4. The minimum atomic E-state index is -1.00. The topological polar surface area (TPSA) is 127 Å². The highest BCUT2D eigenvalue weighted by Crippen LogP contribution is 2.09. The van der Waals surface area contributed by atoms with E-state index in [0.717, 1.165) is 0 Å². The largest absolute Gasteiger partial charge is 0.480 e. The van der Waals surface area contributed by atoms with Crippen LogP contribution < -0.4 is 11.5 Å². The molecule has 116 valence electrons. The molecule has 6 heteroatoms. The van der Waals surface area contributed by atoms with Gasteiger partial charge in [-0.15, -0.1) is 0 Å². The van der Waals surface area contributed by atoms with Crippen LogP contribution in [0.1, 0.15) is 23.2 Å². The molecule has 6 nitrogen and oxygen atoms in total. The van der Waals surface area contributed by atoms with Crippen LogP contribution in [0.15, 0.2) is 60.7 Å². The molecule has 0 heterocycles. The van der Waals surface area contributed by atoms with Crippen molar-refractivity contribution in [3.63, 3.8) is 0 Å². The van der Waals surface area contributed by atoms with Gasteiger partial charge in [0.2, 0.25) is 0 Å². The van der Waals surface area contributed by atoms with Gasteiger partial charge in [-0.2, -0.15) is 0 Å². The molecular formula is C16H18N2O4. The Balaban J connectivity index is 0.000000220. The van der Waals surface area contributed by atoms with Crippen molar-refractivity contribution in [1.29, 1.82) is 0 Å². The molecule has 0 saturated carbocycles. The molecule has 0 aliphatic carbocycles. The van der Waals surface area contributed by atoms with Crippen molar-refractivity contribution in [3.8, 4) is 0 Å². The van der Waals surface area contributed by atoms with Gasteiger partial charge in [-0.3, -0.25) is 9.59 Å². The van der Waals surface area contributed by atoms with Crippen LogP contribution in [0, 0.1) is 0 Å². The Morgan fingerprint density at radius 2 is 0.955 bits per heavy atom. The second kappa shape index (κ2) is 8.56. The van der Waals surface area contributed by atoms with Gasteiger partial charge >= 0.3 is 11.9 Å². The van der Waals surface area contributed by atoms with E-state index in [-0.39, 0.29) is 0 Å². The summed E-state index contributed by atoms with van der Waals surface area (Å²) in [5.74, 6) is -2.01. The lowest BCUT2D eigenvalue weighted by Crippen LogP contribution is -2.20. The highest BCUT2D eigenvalue weighted by molar-refractivity contribution is 5.75. The first-order valence-corrected chi connectivity index (χ1v) is 6.50. The molecule has 2 rings (SSSR count). The third-order valence-corrected chi connectivity index (χ3v) is 2.85. The van der Waals surface area contributed by atoms with Crippen molar-refractivity contribution < 1.29 is 19.8 Å². The van der Waals surface area contributed by atoms with E-state index in [2.05, 4.69) is 0 Å². The van der Waals surface area contributed by atoms with E-state index in [9.17, 15) is 9.59 Å². The summed E-state index contributed by atoms with van der Waals surface area (Å²) in [6.07, 6.45) is 0. The first-order chi connectivity index (χ1) is 10.4. The van der Waals surface area contributed by atoms with Crippen LogP contribution >= 0.6 is 0 Å². The summed E-state index contributed by atoms with van der Waals surface area (Å²) in [5, 5.41) is 17.0. The Labute approximate surface area is 128 Å². The van der Waals surface area contributed by atoms with Crippen LogP contribution in [0.25, 0.3) is 0 Å². The van der Waals surface area contributed by atoms with Crippen molar-refractivity contribution in [2.45, 2.75) is 12.1 Å². The Morgan fingerprint density at radius 3 is 1.18 bits per heavy atom. The van der Waals surface area contributed by atoms with Crippen LogP contribution in [0.2, 0.25) is 0 Å². The molecule has 0 amide bonds. The van der Waals surface area contributed by atoms with E-state index in [1.54, 1.807) is 48.5 Å². The summed E-state index contributed by atoms with van der Waals surface area (Å²) in [4.78, 5) is 20.7. The minimum absolute atomic E-state index is 0.625. The van der Waals surface area contributed by atoms with E-state index in [1.165, 1.54) is 0 Å². The van der Waals surface area contributed by atoms with Crippen molar-refractivity contribution in [1.82, 2.24) is 0 Å². The zero-order chi connectivity index (χ0) is 16.5. The minimum Gasteiger partial charge on any atom is -0.480 e. The summed E-state index contributed by atoms with van der Waals surface area (Å²) in [6, 6.07) is 15.6. The number of aliphatic carboxylic acids is 2. The molecule has 0 spiro atoms. The van der Waals surface area contributed by atoms with E-state index in [4.69, 9.17) is 21.7 Å². The van der Waals surface area contributed by atoms with Gasteiger partial charge < -0.3 is 21.7 Å². The molecule has 0 bridgehead atoms. The molecule has 0 fully saturated rings. The number of hydrogen-bond donors (Lipinski definition) is 4. The fourth-order valence-electron chi connectivity index (χ4n) is 1.61. The maximum Gasteiger partial charge on any atom is 0.325 e. The zero-order valence-electron chi connectivity index (χ0n) is 11.8. The number of carbonyl (C=O) groups is 2. The maximum atomic E-state index is 10.4. The predicted molar refractivity (Wildman–Crippen MR) is 82.0 cm³/mol. The maximum absolute atomic E-state index is 10.4. The van der Waals surface area contributed by atoms with Crippen LogP contribution in [0.5, 0.6) is 0 Å². The molecule has 22 heavy (non-hydrogen) atoms. The lowest BCUT2D eigenvalue weighted by molar-refractivity contribution is -0.139. The highest BCUT2D eigenvalue weighted by atomic mass is 16.4. The Bertz CT molecular complexity index is 547. The lowest BCUT2D eigenvalue weighted by Gasteiger charge is -2.04. The summed E-state index contributed by atoms with van der Waals surface area (Å²) < 4.78 is 0. The van der Waals surface area contributed by atoms with Crippen LogP contribution in [-0.4, -0.2) is 22.2 Å². The second-order valence-corrected chi connectivity index (χ2v) is 4.45. The van der Waals surface area contributed by atoms with Gasteiger partial charge in [-0.05, 0) is 11.1 Å². The summed E-state index contributed by atoms with van der Waals surface area (Å²) in [6.45, 7) is 0. The first-order valence-electron chi connectivity index (χ1n) is 6.50. The van der Waals surface area contributed by atoms with Gasteiger partial charge in [0, 0.05) is 0 Å². The number of nitrogens with two attached hydrogens (primary N) is 2. The quantitative estimate of drug-likeness (QED) is 0.678. The number of hydrogen-bond acceptors (Lipinski definition) is 4. The lowest BCUT2D eigenvalue weighted by atomic mass is 10.1. The SMILES string of the molecule is N[C@@H](C(=O)O)c1ccccc1.N[C@H](C(=O)O)c1ccccc1. The van der Waals surface area contributed by atoms with Gasteiger partial charge in [0.25, 0.3) is 0 Å². The van der Waals surface area contributed by atoms with Gasteiger partial charge in [0.15, 0.2) is 0 Å². The van der Waals surface area contributed by atoms with E-state index in [1.807, 2.05) is 12.1 Å². The van der Waals surface area contributed by atoms with Crippen LogP contribution in [0.4, 0.5) is 0 Å². The van der Waals surface area contributed by atoms with Gasteiger partial charge in [0.1, 0.15) is 12.1 Å². The van der Waals surface area contributed by atoms with Gasteiger partial charge in [0.05, 0.1) is 0 Å². The van der Waals surface area contributed by atoms with Gasteiger partial charge in [-0.25, -0.2) is 0 Å². The van der Waals surface area contributed by atoms with E-state index >= 15 is 0 Å². The van der Waals surface area contributed by atoms with Crippen molar-refractivity contribution in [3.05, 3.63) is 71.8 Å². The van der Waals surface area contributed by atoms with Crippen LogP contribution in [0.3, 0.4) is 0 Å². The summed E-state index contributed by atoms with van der Waals surface area (Å²) in [5.41, 5.74) is 11.9. The molecule has 2 aromatic rings. The molecule has 0 aliphatic rings. The zero-order valence-corrected chi connectivity index (χ0v) is 11.8. The van der Waals surface area contributed by atoms with E-state index in [0.29, 0.717) is 11.1 Å². The molecule has 0 saturated heterocycles. The van der Waals surface area contributed by atoms with E-state index < -0.39 is 24.0 Å². The monoisotopic (exact) mass is 302 g/mol. The third-order valence-electron chi connectivity index (χ3n) is 2.85. The number of benzene rings is 2. The standard InChI is InChI=1S/2C8H9NO2/c2*9-7(8(10)11)6-4-2-1-3-5-6/h2*1-5,7H,9H2,(H,10,11)/t2*7-/m10/s1. The highest BCUT2D eigenvalue weighted by Gasteiger charge is 2.12. The second-order valence-electron chi connectivity index (χ2n) is 4.45. The van der Waals surface area contributed by atoms with Crippen LogP contribution in [-0.2, 0) is 9.59 Å². The number of carboxylic acids is 2. The molecule has 0 aliphatic heterocycles. The smallest absolute Gasteiger partial charge is 0.325 e. The third kappa shape index (κ3) is 5.35.